The van der Waals surface area contributed by atoms with E-state index in [0.29, 0.717) is 25.6 Å². The van der Waals surface area contributed by atoms with E-state index < -0.39 is 5.92 Å². The van der Waals surface area contributed by atoms with Gasteiger partial charge in [0.2, 0.25) is 0 Å². The molecule has 48 heavy (non-hydrogen) atoms. The summed E-state index contributed by atoms with van der Waals surface area (Å²) in [5, 5.41) is 0. The van der Waals surface area contributed by atoms with Gasteiger partial charge in [-0.25, -0.2) is 0 Å². The first-order valence-electron chi connectivity index (χ1n) is 20.8. The van der Waals surface area contributed by atoms with Gasteiger partial charge in [-0.05, 0) is 64.2 Å². The number of carbonyl (C=O) groups excluding carboxylic acids is 2. The molecule has 0 atom stereocenters. The van der Waals surface area contributed by atoms with Crippen LogP contribution < -0.4 is 0 Å². The number of hydrogen-bond acceptors (Lipinski definition) is 3. The van der Waals surface area contributed by atoms with E-state index in [-0.39, 0.29) is 11.6 Å². The summed E-state index contributed by atoms with van der Waals surface area (Å²) in [6.45, 7) is 6.12. The van der Waals surface area contributed by atoms with Crippen molar-refractivity contribution in [2.75, 3.05) is 40.5 Å². The van der Waals surface area contributed by atoms with Gasteiger partial charge in [0.05, 0.1) is 40.2 Å². The van der Waals surface area contributed by atoms with Gasteiger partial charge in [-0.1, -0.05) is 141 Å². The Bertz CT molecular complexity index is 720. The number of nitrogens with zero attached hydrogens (tertiary/aromatic N) is 1. The standard InChI is InChI=1S/C43H82NO3P/c1-6-8-10-12-14-16-18-20-22-24-26-28-30-32-34-36-42(45)41(40-48-47-39-38-44(3,4)5)43(46)37-35-33-31-29-27-25-23-21-19-17-15-13-11-9-7-2/h20-23,41H,6-19,24-40H2,1-5H3. The van der Waals surface area contributed by atoms with Crippen molar-refractivity contribution in [2.45, 2.75) is 194 Å². The largest absolute Gasteiger partial charge is 0.553 e. The Balaban J connectivity index is 4.19. The van der Waals surface area contributed by atoms with Crippen LogP contribution in [0.15, 0.2) is 24.3 Å². The maximum absolute atomic E-state index is 13.2. The summed E-state index contributed by atoms with van der Waals surface area (Å²) in [6, 6.07) is 0. The minimum Gasteiger partial charge on any atom is -0.553 e. The van der Waals surface area contributed by atoms with Gasteiger partial charge in [0.1, 0.15) is 11.6 Å². The van der Waals surface area contributed by atoms with E-state index >= 15 is 0 Å². The molecule has 0 aromatic heterocycles. The molecular formula is C43H82NO3P. The van der Waals surface area contributed by atoms with Crippen molar-refractivity contribution >= 4 is 20.4 Å². The van der Waals surface area contributed by atoms with Gasteiger partial charge in [0.25, 0.3) is 0 Å². The Morgan fingerprint density at radius 1 is 0.521 bits per heavy atom. The fourth-order valence-electron chi connectivity index (χ4n) is 5.98. The van der Waals surface area contributed by atoms with Crippen LogP contribution >= 0.6 is 8.81 Å². The molecule has 0 aromatic rings. The second-order valence-corrected chi connectivity index (χ2v) is 16.2. The highest BCUT2D eigenvalue weighted by Crippen LogP contribution is 2.23. The topological polar surface area (TPSA) is 43.4 Å². The highest BCUT2D eigenvalue weighted by molar-refractivity contribution is 7.32. The predicted molar refractivity (Wildman–Crippen MR) is 213 cm³/mol. The van der Waals surface area contributed by atoms with Gasteiger partial charge < -0.3 is 17.8 Å². The van der Waals surface area contributed by atoms with Crippen LogP contribution in [0.3, 0.4) is 0 Å². The Hall–Kier alpha value is -0.830. The molecule has 0 radical (unpaired) electrons. The fourth-order valence-corrected chi connectivity index (χ4v) is 6.85. The van der Waals surface area contributed by atoms with E-state index in [9.17, 15) is 9.59 Å². The Morgan fingerprint density at radius 2 is 0.854 bits per heavy atom. The van der Waals surface area contributed by atoms with Crippen LogP contribution in [0.4, 0.5) is 0 Å². The summed E-state index contributed by atoms with van der Waals surface area (Å²) < 4.78 is 6.69. The molecule has 0 rings (SSSR count). The molecule has 282 valence electrons. The lowest BCUT2D eigenvalue weighted by Gasteiger charge is -2.28. The summed E-state index contributed by atoms with van der Waals surface area (Å²) in [4.78, 5) is 26.4. The van der Waals surface area contributed by atoms with E-state index in [1.165, 1.54) is 141 Å². The first-order valence-corrected chi connectivity index (χ1v) is 21.8. The van der Waals surface area contributed by atoms with E-state index in [0.717, 1.165) is 45.5 Å². The van der Waals surface area contributed by atoms with Crippen molar-refractivity contribution in [3.63, 3.8) is 0 Å². The zero-order chi connectivity index (χ0) is 35.4. The molecule has 0 aliphatic carbocycles. The first-order chi connectivity index (χ1) is 23.3. The van der Waals surface area contributed by atoms with Crippen LogP contribution in [0.2, 0.25) is 0 Å². The van der Waals surface area contributed by atoms with Crippen molar-refractivity contribution in [2.24, 2.45) is 5.92 Å². The zero-order valence-electron chi connectivity index (χ0n) is 32.9. The lowest BCUT2D eigenvalue weighted by atomic mass is 9.93. The third-order valence-electron chi connectivity index (χ3n) is 9.35. The highest BCUT2D eigenvalue weighted by atomic mass is 31.1. The normalized spacial score (nSPS) is 13.1. The maximum atomic E-state index is 13.2. The van der Waals surface area contributed by atoms with E-state index in [1.807, 2.05) is 0 Å². The molecule has 4 nitrogen and oxygen atoms in total. The number of Topliss-reactive ketones (excluding diaryl/α,β-unsaturated/α-hetero) is 2. The van der Waals surface area contributed by atoms with Gasteiger partial charge in [-0.3, -0.25) is 9.59 Å². The van der Waals surface area contributed by atoms with Gasteiger partial charge in [-0.15, -0.1) is 6.16 Å². The molecule has 0 saturated carbocycles. The van der Waals surface area contributed by atoms with Crippen LogP contribution in [0.5, 0.6) is 0 Å². The van der Waals surface area contributed by atoms with Crippen LogP contribution in [0.25, 0.3) is 0 Å². The Kier molecular flexibility index (Phi) is 35.4. The minimum absolute atomic E-state index is 0.146. The van der Waals surface area contributed by atoms with Gasteiger partial charge in [0.15, 0.2) is 0 Å². The summed E-state index contributed by atoms with van der Waals surface area (Å²) in [6.07, 6.45) is 43.5. The third kappa shape index (κ3) is 35.0. The molecule has 0 aliphatic heterocycles. The smallest absolute Gasteiger partial charge is 0.140 e. The second kappa shape index (κ2) is 36.0. The molecule has 0 spiro atoms. The summed E-state index contributed by atoms with van der Waals surface area (Å²) in [5.74, 6) is -0.189. The first kappa shape index (κ1) is 47.2. The number of likely N-dealkylation sites (N-methyl/N-ethyl adjacent to an activating group) is 1. The molecule has 0 bridgehead atoms. The Labute approximate surface area is 302 Å². The Morgan fingerprint density at radius 3 is 1.21 bits per heavy atom. The third-order valence-corrected chi connectivity index (χ3v) is 10.2. The maximum Gasteiger partial charge on any atom is 0.140 e. The number of allylic oxidation sites excluding steroid dienone is 4. The van der Waals surface area contributed by atoms with E-state index in [1.54, 1.807) is 0 Å². The molecule has 0 saturated heterocycles. The summed E-state index contributed by atoms with van der Waals surface area (Å²) in [5.41, 5.74) is 0. The van der Waals surface area contributed by atoms with Crippen molar-refractivity contribution in [3.8, 4) is 0 Å². The average Bonchev–Trinajstić information content (AvgIpc) is 3.05. The second-order valence-electron chi connectivity index (χ2n) is 15.3. The number of ketones is 2. The number of unbranched alkanes of at least 4 members (excludes halogenated alkanes) is 22. The van der Waals surface area contributed by atoms with Crippen molar-refractivity contribution in [1.29, 1.82) is 0 Å². The zero-order valence-corrected chi connectivity index (χ0v) is 33.8. The van der Waals surface area contributed by atoms with Gasteiger partial charge in [0, 0.05) is 12.8 Å². The lowest BCUT2D eigenvalue weighted by molar-refractivity contribution is -0.870. The van der Waals surface area contributed by atoms with Crippen LogP contribution in [0.1, 0.15) is 194 Å². The quantitative estimate of drug-likeness (QED) is 0.0213. The molecule has 0 heterocycles. The minimum atomic E-state index is -0.482. The summed E-state index contributed by atoms with van der Waals surface area (Å²) in [7, 11) is 7.23. The predicted octanol–water partition coefficient (Wildman–Crippen LogP) is 13.4. The molecule has 0 N–H and O–H groups in total. The van der Waals surface area contributed by atoms with Crippen molar-refractivity contribution in [3.05, 3.63) is 24.3 Å². The number of hydrogen-bond donors (Lipinski definition) is 0. The summed E-state index contributed by atoms with van der Waals surface area (Å²) >= 11 is 0. The average molecular weight is 692 g/mol. The molecule has 0 amide bonds. The molecule has 5 heteroatoms. The fraction of sp³-hybridized carbons (Fsp3) is 0.860. The number of rotatable bonds is 38. The van der Waals surface area contributed by atoms with Crippen molar-refractivity contribution in [1.82, 2.24) is 0 Å². The van der Waals surface area contributed by atoms with Gasteiger partial charge in [-0.2, -0.15) is 0 Å². The van der Waals surface area contributed by atoms with Crippen LogP contribution in [0, 0.1) is 5.92 Å². The number of quaternary nitrogens is 1. The highest BCUT2D eigenvalue weighted by Gasteiger charge is 2.22. The molecule has 0 aromatic carbocycles. The van der Waals surface area contributed by atoms with Gasteiger partial charge >= 0.3 is 0 Å². The van der Waals surface area contributed by atoms with Crippen molar-refractivity contribution < 1.29 is 18.6 Å². The van der Waals surface area contributed by atoms with E-state index in [4.69, 9.17) is 4.52 Å². The molecule has 0 aliphatic rings. The molecule has 0 fully saturated rings. The van der Waals surface area contributed by atoms with Crippen LogP contribution in [-0.4, -0.2) is 56.5 Å². The van der Waals surface area contributed by atoms with Crippen LogP contribution in [-0.2, 0) is 14.1 Å². The monoisotopic (exact) mass is 692 g/mol. The molecule has 0 unspecified atom stereocenters. The lowest BCUT2D eigenvalue weighted by Crippen LogP contribution is -2.37. The molecular weight excluding hydrogens is 609 g/mol. The SMILES string of the molecule is CCCCCCCCC=CCCCCCCCC(=O)C(C[P-]OCC[N+](C)(C)C)C(=O)CCCCCCCC=CCCCCCCCC. The van der Waals surface area contributed by atoms with E-state index in [2.05, 4.69) is 59.3 Å². The number of carbonyl (C=O) groups is 2.